The molecule has 0 unspecified atom stereocenters. The van der Waals surface area contributed by atoms with Crippen LogP contribution in [-0.2, 0) is 13.6 Å². The van der Waals surface area contributed by atoms with E-state index >= 15 is 0 Å². The number of hydrogen-bond acceptors (Lipinski definition) is 4. The number of carbonyl (C=O) groups is 1. The highest BCUT2D eigenvalue weighted by Gasteiger charge is 2.23. The summed E-state index contributed by atoms with van der Waals surface area (Å²) in [5.74, 6) is 1.94. The van der Waals surface area contributed by atoms with E-state index in [1.165, 1.54) is 0 Å². The molecule has 2 heterocycles. The van der Waals surface area contributed by atoms with Crippen molar-refractivity contribution in [2.24, 2.45) is 7.05 Å². The largest absolute Gasteiger partial charge is 0.336 e. The number of nitrogens with zero attached hydrogens (tertiary/aromatic N) is 5. The maximum Gasteiger partial charge on any atom is 0.253 e. The summed E-state index contributed by atoms with van der Waals surface area (Å²) in [5.41, 5.74) is 0.687. The number of carbonyl (C=O) groups excluding carboxylic acids is 1. The van der Waals surface area contributed by atoms with Gasteiger partial charge in [-0.3, -0.25) is 9.69 Å². The van der Waals surface area contributed by atoms with E-state index in [9.17, 15) is 4.79 Å². The number of rotatable bonds is 3. The van der Waals surface area contributed by atoms with Crippen molar-refractivity contribution in [2.75, 3.05) is 26.2 Å². The highest BCUT2D eigenvalue weighted by atomic mass is 35.5. The molecule has 6 nitrogen and oxygen atoms in total. The average Bonchev–Trinajstić information content (AvgIpc) is 2.88. The third kappa shape index (κ3) is 3.54. The maximum atomic E-state index is 12.5. The van der Waals surface area contributed by atoms with Crippen LogP contribution >= 0.6 is 11.6 Å². The van der Waals surface area contributed by atoms with Crippen molar-refractivity contribution in [2.45, 2.75) is 13.5 Å². The first kappa shape index (κ1) is 16.0. The van der Waals surface area contributed by atoms with Crippen LogP contribution in [0.4, 0.5) is 0 Å². The second kappa shape index (κ2) is 6.68. The molecule has 1 amide bonds. The summed E-state index contributed by atoms with van der Waals surface area (Å²) in [4.78, 5) is 16.7. The van der Waals surface area contributed by atoms with E-state index < -0.39 is 0 Å². The highest BCUT2D eigenvalue weighted by molar-refractivity contribution is 6.30. The molecule has 122 valence electrons. The first-order chi connectivity index (χ1) is 11.0. The van der Waals surface area contributed by atoms with Gasteiger partial charge in [0.25, 0.3) is 5.91 Å². The Labute approximate surface area is 140 Å². The van der Waals surface area contributed by atoms with E-state index in [2.05, 4.69) is 15.1 Å². The van der Waals surface area contributed by atoms with Crippen LogP contribution in [0.15, 0.2) is 24.3 Å². The van der Waals surface area contributed by atoms with Crippen LogP contribution in [0, 0.1) is 6.92 Å². The van der Waals surface area contributed by atoms with Crippen molar-refractivity contribution in [3.05, 3.63) is 46.5 Å². The topological polar surface area (TPSA) is 54.3 Å². The van der Waals surface area contributed by atoms with Crippen molar-refractivity contribution in [3.8, 4) is 0 Å². The van der Waals surface area contributed by atoms with Crippen molar-refractivity contribution in [1.82, 2.24) is 24.6 Å². The van der Waals surface area contributed by atoms with E-state index in [1.807, 2.05) is 23.4 Å². The Morgan fingerprint density at radius 2 is 1.78 bits per heavy atom. The third-order valence-corrected chi connectivity index (χ3v) is 4.55. The zero-order chi connectivity index (χ0) is 16.4. The molecule has 1 aromatic heterocycles. The van der Waals surface area contributed by atoms with Crippen molar-refractivity contribution >= 4 is 17.5 Å². The fourth-order valence-corrected chi connectivity index (χ4v) is 2.80. The third-order valence-electron chi connectivity index (χ3n) is 4.30. The summed E-state index contributed by atoms with van der Waals surface area (Å²) >= 11 is 5.87. The Morgan fingerprint density at radius 1 is 1.13 bits per heavy atom. The minimum absolute atomic E-state index is 0.0656. The molecule has 0 saturated carbocycles. The molecule has 0 bridgehead atoms. The first-order valence-electron chi connectivity index (χ1n) is 7.66. The van der Waals surface area contributed by atoms with Crippen LogP contribution < -0.4 is 0 Å². The smallest absolute Gasteiger partial charge is 0.253 e. The molecular weight excluding hydrogens is 314 g/mol. The van der Waals surface area contributed by atoms with Gasteiger partial charge in [-0.05, 0) is 31.2 Å². The lowest BCUT2D eigenvalue weighted by atomic mass is 10.2. The quantitative estimate of drug-likeness (QED) is 0.858. The molecule has 7 heteroatoms. The van der Waals surface area contributed by atoms with Crippen LogP contribution in [0.1, 0.15) is 22.0 Å². The summed E-state index contributed by atoms with van der Waals surface area (Å²) in [6, 6.07) is 7.06. The number of benzene rings is 1. The van der Waals surface area contributed by atoms with E-state index in [1.54, 1.807) is 24.3 Å². The predicted octanol–water partition coefficient (Wildman–Crippen LogP) is 1.73. The molecule has 1 saturated heterocycles. The molecule has 1 aliphatic heterocycles. The maximum absolute atomic E-state index is 12.5. The minimum Gasteiger partial charge on any atom is -0.336 e. The molecule has 3 rings (SSSR count). The Balaban J connectivity index is 1.57. The second-order valence-electron chi connectivity index (χ2n) is 5.80. The lowest BCUT2D eigenvalue weighted by Gasteiger charge is -2.34. The van der Waals surface area contributed by atoms with Crippen LogP contribution in [-0.4, -0.2) is 56.7 Å². The van der Waals surface area contributed by atoms with Gasteiger partial charge in [0.2, 0.25) is 0 Å². The van der Waals surface area contributed by atoms with Crippen LogP contribution in [0.2, 0.25) is 5.02 Å². The molecule has 2 aromatic rings. The van der Waals surface area contributed by atoms with Gasteiger partial charge < -0.3 is 9.47 Å². The molecule has 23 heavy (non-hydrogen) atoms. The molecule has 1 aliphatic rings. The van der Waals surface area contributed by atoms with Gasteiger partial charge in [0, 0.05) is 43.8 Å². The fraction of sp³-hybridized carbons (Fsp3) is 0.438. The summed E-state index contributed by atoms with van der Waals surface area (Å²) in [7, 11) is 1.98. The predicted molar refractivity (Wildman–Crippen MR) is 88.4 cm³/mol. The number of amides is 1. The molecule has 0 radical (unpaired) electrons. The summed E-state index contributed by atoms with van der Waals surface area (Å²) < 4.78 is 2.01. The van der Waals surface area contributed by atoms with Crippen LogP contribution in [0.3, 0.4) is 0 Å². The van der Waals surface area contributed by atoms with E-state index in [4.69, 9.17) is 11.6 Å². The Morgan fingerprint density at radius 3 is 2.35 bits per heavy atom. The molecule has 0 atom stereocenters. The number of hydrogen-bond donors (Lipinski definition) is 0. The van der Waals surface area contributed by atoms with Gasteiger partial charge in [0.15, 0.2) is 0 Å². The molecular formula is C16H20ClN5O. The van der Waals surface area contributed by atoms with Gasteiger partial charge in [-0.1, -0.05) is 11.6 Å². The van der Waals surface area contributed by atoms with Gasteiger partial charge in [-0.2, -0.15) is 0 Å². The Hall–Kier alpha value is -1.92. The highest BCUT2D eigenvalue weighted by Crippen LogP contribution is 2.14. The molecule has 0 spiro atoms. The first-order valence-corrected chi connectivity index (χ1v) is 8.04. The van der Waals surface area contributed by atoms with Crippen LogP contribution in [0.5, 0.6) is 0 Å². The van der Waals surface area contributed by atoms with Gasteiger partial charge in [0.1, 0.15) is 11.6 Å². The van der Waals surface area contributed by atoms with Crippen molar-refractivity contribution in [1.29, 1.82) is 0 Å². The zero-order valence-electron chi connectivity index (χ0n) is 13.4. The Kier molecular flexibility index (Phi) is 4.63. The zero-order valence-corrected chi connectivity index (χ0v) is 14.1. The lowest BCUT2D eigenvalue weighted by molar-refractivity contribution is 0.0624. The van der Waals surface area contributed by atoms with E-state index in [-0.39, 0.29) is 5.91 Å². The molecule has 0 aliphatic carbocycles. The molecule has 1 aromatic carbocycles. The number of aryl methyl sites for hydroxylation is 1. The minimum atomic E-state index is 0.0656. The lowest BCUT2D eigenvalue weighted by Crippen LogP contribution is -2.48. The van der Waals surface area contributed by atoms with Gasteiger partial charge in [0.05, 0.1) is 6.54 Å². The van der Waals surface area contributed by atoms with Crippen molar-refractivity contribution in [3.63, 3.8) is 0 Å². The van der Waals surface area contributed by atoms with Gasteiger partial charge in [-0.15, -0.1) is 10.2 Å². The molecule has 0 N–H and O–H groups in total. The van der Waals surface area contributed by atoms with E-state index in [0.29, 0.717) is 10.6 Å². The second-order valence-corrected chi connectivity index (χ2v) is 6.23. The number of aromatic nitrogens is 3. The summed E-state index contributed by atoms with van der Waals surface area (Å²) in [5, 5.41) is 8.92. The normalized spacial score (nSPS) is 15.9. The standard InChI is InChI=1S/C16H20ClN5O/c1-12-18-19-15(20(12)2)11-21-7-9-22(10-8-21)16(23)13-3-5-14(17)6-4-13/h3-6H,7-11H2,1-2H3. The fourth-order valence-electron chi connectivity index (χ4n) is 2.67. The average molecular weight is 334 g/mol. The van der Waals surface area contributed by atoms with Crippen molar-refractivity contribution < 1.29 is 4.79 Å². The van der Waals surface area contributed by atoms with Gasteiger partial charge >= 0.3 is 0 Å². The number of piperazine rings is 1. The summed E-state index contributed by atoms with van der Waals surface area (Å²) in [6.45, 7) is 5.83. The summed E-state index contributed by atoms with van der Waals surface area (Å²) in [6.07, 6.45) is 0. The number of halogens is 1. The van der Waals surface area contributed by atoms with Crippen LogP contribution in [0.25, 0.3) is 0 Å². The van der Waals surface area contributed by atoms with E-state index in [0.717, 1.165) is 44.4 Å². The van der Waals surface area contributed by atoms with Gasteiger partial charge in [-0.25, -0.2) is 0 Å². The SMILES string of the molecule is Cc1nnc(CN2CCN(C(=O)c3ccc(Cl)cc3)CC2)n1C. The monoisotopic (exact) mass is 333 g/mol. The molecule has 1 fully saturated rings. The Bertz CT molecular complexity index is 689.